The van der Waals surface area contributed by atoms with Gasteiger partial charge in [-0.15, -0.1) is 12.4 Å². The van der Waals surface area contributed by atoms with E-state index < -0.39 is 9.84 Å². The maximum Gasteiger partial charge on any atom is 0.229 e. The quantitative estimate of drug-likeness (QED) is 0.323. The summed E-state index contributed by atoms with van der Waals surface area (Å²) in [4.78, 5) is 22.1. The SMILES string of the molecule is CCOc1ccc2nc(N(CCN(CC)CC)C(=O)CCS(=O)(=O)c3ccc(C)cc3)sc2c1.Cl. The number of anilines is 1. The third kappa shape index (κ3) is 7.64. The molecular weight excluding hydrogens is 506 g/mol. The van der Waals surface area contributed by atoms with Crippen molar-refractivity contribution in [1.29, 1.82) is 0 Å². The largest absolute Gasteiger partial charge is 0.494 e. The number of ether oxygens (including phenoxy) is 1. The number of nitrogens with zero attached hydrogens (tertiary/aromatic N) is 3. The highest BCUT2D eigenvalue weighted by molar-refractivity contribution is 7.91. The van der Waals surface area contributed by atoms with Crippen molar-refractivity contribution in [3.8, 4) is 5.75 Å². The van der Waals surface area contributed by atoms with Crippen molar-refractivity contribution in [2.75, 3.05) is 43.4 Å². The zero-order valence-corrected chi connectivity index (χ0v) is 23.1. The Labute approximate surface area is 218 Å². The molecule has 1 heterocycles. The van der Waals surface area contributed by atoms with Crippen LogP contribution in [-0.2, 0) is 14.6 Å². The Morgan fingerprint density at radius 3 is 2.34 bits per heavy atom. The average molecular weight is 540 g/mol. The summed E-state index contributed by atoms with van der Waals surface area (Å²) in [5.41, 5.74) is 1.78. The number of fused-ring (bicyclic) bond motifs is 1. The van der Waals surface area contributed by atoms with Gasteiger partial charge in [0.15, 0.2) is 15.0 Å². The number of aromatic nitrogens is 1. The minimum Gasteiger partial charge on any atom is -0.494 e. The first-order valence-corrected chi connectivity index (χ1v) is 14.1. The van der Waals surface area contributed by atoms with E-state index in [0.717, 1.165) is 34.6 Å². The van der Waals surface area contributed by atoms with E-state index in [1.54, 1.807) is 29.2 Å². The van der Waals surface area contributed by atoms with Crippen LogP contribution in [0.4, 0.5) is 5.13 Å². The Kier molecular flexibility index (Phi) is 11.0. The van der Waals surface area contributed by atoms with Gasteiger partial charge in [-0.05, 0) is 57.3 Å². The monoisotopic (exact) mass is 539 g/mol. The summed E-state index contributed by atoms with van der Waals surface area (Å²) in [5.74, 6) is 0.276. The maximum atomic E-state index is 13.3. The zero-order chi connectivity index (χ0) is 24.7. The lowest BCUT2D eigenvalue weighted by atomic mass is 10.2. The third-order valence-corrected chi connectivity index (χ3v) is 8.46. The second-order valence-electron chi connectivity index (χ2n) is 8.01. The second kappa shape index (κ2) is 13.2. The third-order valence-electron chi connectivity index (χ3n) is 5.69. The molecule has 0 atom stereocenters. The number of thiazole rings is 1. The summed E-state index contributed by atoms with van der Waals surface area (Å²) in [5, 5.41) is 0.577. The molecule has 0 fully saturated rings. The summed E-state index contributed by atoms with van der Waals surface area (Å²) < 4.78 is 32.1. The van der Waals surface area contributed by atoms with Crippen LogP contribution in [0, 0.1) is 6.92 Å². The van der Waals surface area contributed by atoms with Crippen molar-refractivity contribution in [3.63, 3.8) is 0 Å². The van der Waals surface area contributed by atoms with Crippen LogP contribution in [0.2, 0.25) is 0 Å². The second-order valence-corrected chi connectivity index (χ2v) is 11.1. The summed E-state index contributed by atoms with van der Waals surface area (Å²) in [6.07, 6.45) is -0.103. The smallest absolute Gasteiger partial charge is 0.229 e. The Balaban J connectivity index is 0.00000432. The van der Waals surface area contributed by atoms with Gasteiger partial charge in [-0.3, -0.25) is 9.69 Å². The molecule has 1 aromatic heterocycles. The predicted molar refractivity (Wildman–Crippen MR) is 146 cm³/mol. The van der Waals surface area contributed by atoms with Crippen molar-refractivity contribution in [1.82, 2.24) is 9.88 Å². The average Bonchev–Trinajstić information content (AvgIpc) is 3.24. The van der Waals surface area contributed by atoms with E-state index in [1.807, 2.05) is 32.0 Å². The lowest BCUT2D eigenvalue weighted by Gasteiger charge is -2.24. The normalized spacial score (nSPS) is 11.5. The van der Waals surface area contributed by atoms with Gasteiger partial charge < -0.3 is 9.64 Å². The molecule has 0 radical (unpaired) electrons. The molecule has 192 valence electrons. The molecule has 2 aromatic carbocycles. The highest BCUT2D eigenvalue weighted by Crippen LogP contribution is 2.32. The van der Waals surface area contributed by atoms with Crippen molar-refractivity contribution in [2.45, 2.75) is 39.0 Å². The summed E-state index contributed by atoms with van der Waals surface area (Å²) >= 11 is 1.42. The molecule has 0 bridgehead atoms. The van der Waals surface area contributed by atoms with Crippen LogP contribution in [-0.4, -0.2) is 62.7 Å². The van der Waals surface area contributed by atoms with Gasteiger partial charge in [0.1, 0.15) is 5.75 Å². The van der Waals surface area contributed by atoms with Crippen LogP contribution in [0.1, 0.15) is 32.8 Å². The number of likely N-dealkylation sites (N-methyl/N-ethyl adjacent to an activating group) is 1. The molecule has 7 nitrogen and oxygen atoms in total. The van der Waals surface area contributed by atoms with E-state index in [1.165, 1.54) is 11.3 Å². The lowest BCUT2D eigenvalue weighted by molar-refractivity contribution is -0.118. The van der Waals surface area contributed by atoms with Gasteiger partial charge in [-0.2, -0.15) is 0 Å². The van der Waals surface area contributed by atoms with Gasteiger partial charge in [-0.25, -0.2) is 13.4 Å². The Hall–Kier alpha value is -2.20. The standard InChI is InChI=1S/C25H33N3O4S2.ClH/c1-5-27(6-2)15-16-28(25-26-22-13-10-20(32-7-3)18-23(22)33-25)24(29)14-17-34(30,31)21-11-8-19(4)9-12-21;/h8-13,18H,5-7,14-17H2,1-4H3;1H. The van der Waals surface area contributed by atoms with E-state index >= 15 is 0 Å². The van der Waals surface area contributed by atoms with E-state index in [4.69, 9.17) is 4.74 Å². The number of rotatable bonds is 12. The molecule has 35 heavy (non-hydrogen) atoms. The zero-order valence-electron chi connectivity index (χ0n) is 20.7. The molecular formula is C25H34ClN3O4S2. The van der Waals surface area contributed by atoms with Crippen LogP contribution >= 0.6 is 23.7 Å². The van der Waals surface area contributed by atoms with Gasteiger partial charge in [-0.1, -0.05) is 42.9 Å². The van der Waals surface area contributed by atoms with Crippen molar-refractivity contribution in [3.05, 3.63) is 48.0 Å². The Morgan fingerprint density at radius 2 is 1.71 bits per heavy atom. The molecule has 0 aliphatic carbocycles. The molecule has 3 rings (SSSR count). The molecule has 0 saturated carbocycles. The number of halogens is 1. The first kappa shape index (κ1) is 29.0. The molecule has 0 spiro atoms. The van der Waals surface area contributed by atoms with Crippen LogP contribution < -0.4 is 9.64 Å². The van der Waals surface area contributed by atoms with Gasteiger partial charge in [0.05, 0.1) is 27.5 Å². The highest BCUT2D eigenvalue weighted by Gasteiger charge is 2.24. The number of benzene rings is 2. The van der Waals surface area contributed by atoms with Gasteiger partial charge in [0.2, 0.25) is 5.91 Å². The van der Waals surface area contributed by atoms with Crippen LogP contribution in [0.3, 0.4) is 0 Å². The van der Waals surface area contributed by atoms with Gasteiger partial charge in [0, 0.05) is 19.5 Å². The molecule has 0 aliphatic rings. The lowest BCUT2D eigenvalue weighted by Crippen LogP contribution is -2.39. The number of hydrogen-bond acceptors (Lipinski definition) is 7. The van der Waals surface area contributed by atoms with Crippen molar-refractivity contribution in [2.24, 2.45) is 0 Å². The fourth-order valence-electron chi connectivity index (χ4n) is 3.59. The van der Waals surface area contributed by atoms with E-state index in [0.29, 0.717) is 24.8 Å². The van der Waals surface area contributed by atoms with Gasteiger partial charge >= 0.3 is 0 Å². The Morgan fingerprint density at radius 1 is 1.03 bits per heavy atom. The van der Waals surface area contributed by atoms with E-state index in [9.17, 15) is 13.2 Å². The summed E-state index contributed by atoms with van der Waals surface area (Å²) in [6, 6.07) is 12.4. The number of amides is 1. The number of hydrogen-bond donors (Lipinski definition) is 0. The highest BCUT2D eigenvalue weighted by atomic mass is 35.5. The fourth-order valence-corrected chi connectivity index (χ4v) is 5.86. The van der Waals surface area contributed by atoms with E-state index in [2.05, 4.69) is 23.7 Å². The fraction of sp³-hybridized carbons (Fsp3) is 0.440. The van der Waals surface area contributed by atoms with Crippen LogP contribution in [0.25, 0.3) is 10.2 Å². The first-order chi connectivity index (χ1) is 16.3. The summed E-state index contributed by atoms with van der Waals surface area (Å²) in [6.45, 7) is 11.4. The van der Waals surface area contributed by atoms with Gasteiger partial charge in [0.25, 0.3) is 0 Å². The van der Waals surface area contributed by atoms with Crippen LogP contribution in [0.15, 0.2) is 47.4 Å². The minimum atomic E-state index is -3.56. The van der Waals surface area contributed by atoms with Crippen molar-refractivity contribution < 1.29 is 17.9 Å². The molecule has 3 aromatic rings. The number of aryl methyl sites for hydroxylation is 1. The predicted octanol–water partition coefficient (Wildman–Crippen LogP) is 4.96. The van der Waals surface area contributed by atoms with Crippen LogP contribution in [0.5, 0.6) is 5.75 Å². The summed E-state index contributed by atoms with van der Waals surface area (Å²) in [7, 11) is -3.56. The maximum absolute atomic E-state index is 13.3. The minimum absolute atomic E-state index is 0. The molecule has 10 heteroatoms. The molecule has 1 amide bonds. The number of sulfone groups is 1. The number of carbonyl (C=O) groups is 1. The molecule has 0 aliphatic heterocycles. The first-order valence-electron chi connectivity index (χ1n) is 11.6. The number of carbonyl (C=O) groups excluding carboxylic acids is 1. The molecule has 0 saturated heterocycles. The van der Waals surface area contributed by atoms with Crippen molar-refractivity contribution >= 4 is 54.8 Å². The van der Waals surface area contributed by atoms with E-state index in [-0.39, 0.29) is 35.4 Å². The Bertz CT molecular complexity index is 1210. The topological polar surface area (TPSA) is 79.8 Å². The molecule has 0 N–H and O–H groups in total. The molecule has 0 unspecified atom stereocenters.